The summed E-state index contributed by atoms with van der Waals surface area (Å²) in [6.07, 6.45) is 6.74. The Labute approximate surface area is 199 Å². The Bertz CT molecular complexity index is 1120. The van der Waals surface area contributed by atoms with Gasteiger partial charge < -0.3 is 19.7 Å². The minimum absolute atomic E-state index is 0. The van der Waals surface area contributed by atoms with Crippen molar-refractivity contribution < 1.29 is 30.5 Å². The quantitative estimate of drug-likeness (QED) is 0.263. The van der Waals surface area contributed by atoms with Crippen molar-refractivity contribution in [3.63, 3.8) is 0 Å². The topological polar surface area (TPSA) is 84.1 Å². The Morgan fingerprint density at radius 3 is 1.66 bits per heavy atom. The molecule has 8 heteroatoms. The molecule has 0 aliphatic carbocycles. The van der Waals surface area contributed by atoms with Gasteiger partial charge >= 0.3 is 21.1 Å². The fourth-order valence-electron chi connectivity index (χ4n) is 2.47. The summed E-state index contributed by atoms with van der Waals surface area (Å²) in [6.45, 7) is 0. The van der Waals surface area contributed by atoms with Crippen molar-refractivity contribution >= 4 is 0 Å². The fraction of sp³-hybridized carbons (Fsp3) is 0. The summed E-state index contributed by atoms with van der Waals surface area (Å²) in [5, 5.41) is 7.58. The predicted molar refractivity (Wildman–Crippen MR) is 115 cm³/mol. The Morgan fingerprint density at radius 1 is 0.594 bits per heavy atom. The van der Waals surface area contributed by atoms with E-state index in [0.29, 0.717) is 23.3 Å². The predicted octanol–water partition coefficient (Wildman–Crippen LogP) is 4.96. The zero-order valence-electron chi connectivity index (χ0n) is 16.7. The molecule has 7 nitrogen and oxygen atoms in total. The molecule has 5 aromatic rings. The van der Waals surface area contributed by atoms with Gasteiger partial charge in [0.15, 0.2) is 0 Å². The Hall–Kier alpha value is -3.83. The Morgan fingerprint density at radius 2 is 1.19 bits per heavy atom. The molecule has 32 heavy (non-hydrogen) atoms. The molecule has 0 N–H and O–H groups in total. The number of ether oxygens (including phenoxy) is 2. The molecule has 0 unspecified atom stereocenters. The molecule has 4 aromatic heterocycles. The van der Waals surface area contributed by atoms with E-state index in [2.05, 4.69) is 31.2 Å². The van der Waals surface area contributed by atoms with Crippen molar-refractivity contribution in [2.75, 3.05) is 0 Å². The average Bonchev–Trinajstić information content (AvgIpc) is 3.37. The van der Waals surface area contributed by atoms with Crippen LogP contribution in [0.4, 0.5) is 0 Å². The van der Waals surface area contributed by atoms with Crippen molar-refractivity contribution in [3.8, 4) is 34.6 Å². The zero-order valence-corrected chi connectivity index (χ0v) is 19.0. The van der Waals surface area contributed by atoms with E-state index in [1.165, 1.54) is 0 Å². The van der Waals surface area contributed by atoms with Gasteiger partial charge in [0.2, 0.25) is 11.8 Å². The normalized spacial score (nSPS) is 9.62. The Kier molecular flexibility index (Phi) is 8.66. The van der Waals surface area contributed by atoms with Gasteiger partial charge in [-0.05, 0) is 24.3 Å². The van der Waals surface area contributed by atoms with Gasteiger partial charge in [-0.2, -0.15) is 6.07 Å². The van der Waals surface area contributed by atoms with Crippen LogP contribution in [0.25, 0.3) is 11.4 Å². The summed E-state index contributed by atoms with van der Waals surface area (Å²) < 4.78 is 11.2. The van der Waals surface area contributed by atoms with Crippen LogP contribution in [-0.4, -0.2) is 20.1 Å². The van der Waals surface area contributed by atoms with Gasteiger partial charge in [-0.15, -0.1) is 12.1 Å². The SMILES string of the molecule is [Pt+2].[c-]1c(Oc2ccccn2)cccc1Oc1ccccn1.c1ccc(-c2ccn[n-]2)nc1. The average molecular weight is 603 g/mol. The van der Waals surface area contributed by atoms with E-state index in [1.807, 2.05) is 54.6 Å². The van der Waals surface area contributed by atoms with Crippen molar-refractivity contribution in [3.05, 3.63) is 110 Å². The number of pyridine rings is 3. The second-order valence-corrected chi connectivity index (χ2v) is 6.05. The molecular weight excluding hydrogens is 585 g/mol. The molecule has 0 amide bonds. The molecule has 0 saturated carbocycles. The first-order chi connectivity index (χ1) is 15.4. The fourth-order valence-corrected chi connectivity index (χ4v) is 2.47. The number of hydrogen-bond acceptors (Lipinski definition) is 6. The molecule has 0 atom stereocenters. The van der Waals surface area contributed by atoms with Crippen LogP contribution in [0.5, 0.6) is 23.3 Å². The number of aromatic nitrogens is 5. The summed E-state index contributed by atoms with van der Waals surface area (Å²) in [5.74, 6) is 2.10. The van der Waals surface area contributed by atoms with Crippen LogP contribution in [0.2, 0.25) is 0 Å². The standard InChI is InChI=1S/C16H11N2O2.C8H6N3.Pt/c1-3-10-17-15(8-1)19-13-6-5-7-14(12-13)20-16-9-2-4-11-18-16;1-2-5-9-7(3-1)8-4-6-10-11-8;/h1-11H;1-6H;/q2*-1;+2. The van der Waals surface area contributed by atoms with Crippen LogP contribution in [0, 0.1) is 6.07 Å². The molecule has 0 radical (unpaired) electrons. The van der Waals surface area contributed by atoms with Gasteiger partial charge in [0.25, 0.3) is 0 Å². The molecule has 0 bridgehead atoms. The van der Waals surface area contributed by atoms with Gasteiger partial charge in [-0.3, -0.25) is 4.98 Å². The van der Waals surface area contributed by atoms with Crippen LogP contribution < -0.4 is 14.6 Å². The molecule has 1 aromatic carbocycles. The maximum atomic E-state index is 5.59. The number of hydrogen-bond donors (Lipinski definition) is 0. The molecular formula is C24H17N5O2Pt. The number of nitrogens with zero attached hydrogens (tertiary/aromatic N) is 5. The monoisotopic (exact) mass is 602 g/mol. The van der Waals surface area contributed by atoms with Crippen molar-refractivity contribution in [2.45, 2.75) is 0 Å². The first kappa shape index (κ1) is 22.8. The van der Waals surface area contributed by atoms with Gasteiger partial charge in [-0.25, -0.2) is 9.97 Å². The van der Waals surface area contributed by atoms with Gasteiger partial charge in [0.1, 0.15) is 0 Å². The van der Waals surface area contributed by atoms with Crippen LogP contribution >= 0.6 is 0 Å². The van der Waals surface area contributed by atoms with E-state index >= 15 is 0 Å². The molecule has 0 aliphatic rings. The van der Waals surface area contributed by atoms with Crippen molar-refractivity contribution in [2.24, 2.45) is 0 Å². The molecule has 4 heterocycles. The van der Waals surface area contributed by atoms with Gasteiger partial charge in [0.05, 0.1) is 0 Å². The Balaban J connectivity index is 0.000000204. The first-order valence-electron chi connectivity index (χ1n) is 9.43. The summed E-state index contributed by atoms with van der Waals surface area (Å²) in [4.78, 5) is 12.3. The number of benzene rings is 1. The summed E-state index contributed by atoms with van der Waals surface area (Å²) in [5.41, 5.74) is 1.69. The molecule has 0 aliphatic heterocycles. The summed E-state index contributed by atoms with van der Waals surface area (Å²) in [6, 6.07) is 26.9. The second-order valence-electron chi connectivity index (χ2n) is 6.05. The smallest absolute Gasteiger partial charge is 0.574 e. The van der Waals surface area contributed by atoms with Crippen molar-refractivity contribution in [1.29, 1.82) is 0 Å². The second kappa shape index (κ2) is 12.1. The molecule has 0 fully saturated rings. The molecule has 160 valence electrons. The largest absolute Gasteiger partial charge is 2.00 e. The summed E-state index contributed by atoms with van der Waals surface area (Å²) in [7, 11) is 0. The maximum absolute atomic E-state index is 5.59. The molecule has 5 rings (SSSR count). The third-order valence-corrected chi connectivity index (χ3v) is 3.84. The maximum Gasteiger partial charge on any atom is 2.00 e. The minimum atomic E-state index is 0. The zero-order chi connectivity index (χ0) is 21.1. The van der Waals surface area contributed by atoms with Crippen LogP contribution in [-0.2, 0) is 21.1 Å². The first-order valence-corrected chi connectivity index (χ1v) is 9.43. The van der Waals surface area contributed by atoms with E-state index < -0.39 is 0 Å². The van der Waals surface area contributed by atoms with E-state index in [0.717, 1.165) is 11.4 Å². The van der Waals surface area contributed by atoms with E-state index in [-0.39, 0.29) is 21.1 Å². The van der Waals surface area contributed by atoms with Gasteiger partial charge in [0, 0.05) is 54.1 Å². The minimum Gasteiger partial charge on any atom is -0.574 e. The molecule has 0 saturated heterocycles. The number of rotatable bonds is 5. The van der Waals surface area contributed by atoms with Crippen molar-refractivity contribution in [1.82, 2.24) is 25.1 Å². The van der Waals surface area contributed by atoms with E-state index in [1.54, 1.807) is 49.1 Å². The third kappa shape index (κ3) is 6.86. The van der Waals surface area contributed by atoms with E-state index in [4.69, 9.17) is 9.47 Å². The van der Waals surface area contributed by atoms with E-state index in [9.17, 15) is 0 Å². The van der Waals surface area contributed by atoms with Crippen LogP contribution in [0.15, 0.2) is 104 Å². The summed E-state index contributed by atoms with van der Waals surface area (Å²) >= 11 is 0. The molecule has 0 spiro atoms. The third-order valence-electron chi connectivity index (χ3n) is 3.84. The van der Waals surface area contributed by atoms with Crippen LogP contribution in [0.3, 0.4) is 0 Å². The van der Waals surface area contributed by atoms with Gasteiger partial charge in [-0.1, -0.05) is 36.0 Å². The van der Waals surface area contributed by atoms with Crippen LogP contribution in [0.1, 0.15) is 0 Å².